The van der Waals surface area contributed by atoms with E-state index in [9.17, 15) is 44.0 Å². The van der Waals surface area contributed by atoms with Crippen LogP contribution in [0, 0.1) is 10.1 Å². The molecule has 42 heavy (non-hydrogen) atoms. The average molecular weight is 636 g/mol. The van der Waals surface area contributed by atoms with Crippen molar-refractivity contribution in [2.45, 2.75) is 68.7 Å². The Morgan fingerprint density at radius 3 is 1.88 bits per heavy atom. The van der Waals surface area contributed by atoms with Crippen molar-refractivity contribution in [1.82, 2.24) is 21.3 Å². The Hall–Kier alpha value is -4.02. The minimum absolute atomic E-state index is 0.150. The Balaban J connectivity index is 2.64. The highest BCUT2D eigenvalue weighted by molar-refractivity contribution is 6.53. The number of amides is 4. The molecule has 4 amide bonds. The van der Waals surface area contributed by atoms with Gasteiger partial charge in [-0.15, -0.1) is 0 Å². The molecule has 1 aromatic rings. The van der Waals surface area contributed by atoms with E-state index < -0.39 is 95.0 Å². The number of hydrogen-bond donors (Lipinski definition) is 6. The first-order valence-corrected chi connectivity index (χ1v) is 13.2. The lowest BCUT2D eigenvalue weighted by atomic mass is 10.0. The molecule has 0 saturated heterocycles. The van der Waals surface area contributed by atoms with Crippen LogP contribution in [0.15, 0.2) is 24.3 Å². The van der Waals surface area contributed by atoms with Crippen LogP contribution in [0.1, 0.15) is 45.3 Å². The van der Waals surface area contributed by atoms with Gasteiger partial charge in [-0.25, -0.2) is 0 Å². The molecule has 232 valence electrons. The van der Waals surface area contributed by atoms with Crippen LogP contribution in [0.25, 0.3) is 0 Å². The summed E-state index contributed by atoms with van der Waals surface area (Å²) in [7, 11) is 0. The molecular formula is C24H31Cl2N5O11. The summed E-state index contributed by atoms with van der Waals surface area (Å²) in [6, 6.07) is 0.0889. The van der Waals surface area contributed by atoms with E-state index in [4.69, 9.17) is 33.0 Å². The number of aliphatic hydroxyl groups excluding tert-OH is 1. The van der Waals surface area contributed by atoms with Gasteiger partial charge < -0.3 is 36.2 Å². The summed E-state index contributed by atoms with van der Waals surface area (Å²) in [6.07, 6.45) is -2.35. The number of carboxylic acid groups (broad SMARTS) is 1. The van der Waals surface area contributed by atoms with Crippen LogP contribution in [0.4, 0.5) is 5.69 Å². The molecule has 1 rings (SSSR count). The van der Waals surface area contributed by atoms with Crippen LogP contribution in [0.2, 0.25) is 0 Å². The zero-order chi connectivity index (χ0) is 32.1. The van der Waals surface area contributed by atoms with Crippen molar-refractivity contribution in [2.75, 3.05) is 6.61 Å². The van der Waals surface area contributed by atoms with Gasteiger partial charge in [0, 0.05) is 18.6 Å². The predicted octanol–water partition coefficient (Wildman–Crippen LogP) is -0.161. The maximum Gasteiger partial charge on any atom is 0.325 e. The zero-order valence-corrected chi connectivity index (χ0v) is 24.2. The molecule has 16 nitrogen and oxygen atoms in total. The molecule has 0 saturated carbocycles. The van der Waals surface area contributed by atoms with Gasteiger partial charge in [0.05, 0.1) is 17.4 Å². The number of non-ortho nitro benzene ring substituents is 1. The van der Waals surface area contributed by atoms with Gasteiger partial charge in [-0.1, -0.05) is 23.2 Å². The Kier molecular flexibility index (Phi) is 14.6. The largest absolute Gasteiger partial charge is 0.480 e. The number of aliphatic hydroxyl groups is 1. The topological polar surface area (TPSA) is 243 Å². The summed E-state index contributed by atoms with van der Waals surface area (Å²) in [5.74, 6) is -5.28. The van der Waals surface area contributed by atoms with Gasteiger partial charge in [-0.3, -0.25) is 38.9 Å². The van der Waals surface area contributed by atoms with Gasteiger partial charge in [0.15, 0.2) is 4.84 Å². The first-order valence-electron chi connectivity index (χ1n) is 12.3. The molecule has 0 aliphatic heterocycles. The Morgan fingerprint density at radius 2 is 1.38 bits per heavy atom. The number of alkyl halides is 2. The minimum Gasteiger partial charge on any atom is -0.480 e. The smallest absolute Gasteiger partial charge is 0.325 e. The summed E-state index contributed by atoms with van der Waals surface area (Å²) in [5.41, 5.74) is -0.0903. The number of nitrogens with zero attached hydrogens (tertiary/aromatic N) is 1. The van der Waals surface area contributed by atoms with Gasteiger partial charge >= 0.3 is 11.9 Å². The third-order valence-corrected chi connectivity index (χ3v) is 5.98. The van der Waals surface area contributed by atoms with Gasteiger partial charge in [0.1, 0.15) is 30.8 Å². The molecule has 1 aromatic carbocycles. The third-order valence-electron chi connectivity index (χ3n) is 5.58. The molecular weight excluding hydrogens is 605 g/mol. The van der Waals surface area contributed by atoms with Crippen molar-refractivity contribution >= 4 is 64.5 Å². The lowest BCUT2D eigenvalue weighted by Gasteiger charge is -2.24. The second kappa shape index (κ2) is 17.1. The number of rotatable bonds is 16. The van der Waals surface area contributed by atoms with Crippen LogP contribution >= 0.6 is 23.2 Å². The summed E-state index contributed by atoms with van der Waals surface area (Å²) >= 11 is 11.1. The van der Waals surface area contributed by atoms with Crippen LogP contribution in [-0.4, -0.2) is 86.3 Å². The highest BCUT2D eigenvalue weighted by atomic mass is 35.5. The van der Waals surface area contributed by atoms with E-state index in [0.29, 0.717) is 0 Å². The second-order valence-corrected chi connectivity index (χ2v) is 10.1. The number of aliphatic carboxylic acids is 1. The molecule has 6 N–H and O–H groups in total. The van der Waals surface area contributed by atoms with E-state index in [1.54, 1.807) is 0 Å². The van der Waals surface area contributed by atoms with Crippen molar-refractivity contribution < 1.29 is 48.6 Å². The summed E-state index contributed by atoms with van der Waals surface area (Å²) in [6.45, 7) is 3.31. The highest BCUT2D eigenvalue weighted by Crippen LogP contribution is 2.21. The Morgan fingerprint density at radius 1 is 0.857 bits per heavy atom. The summed E-state index contributed by atoms with van der Waals surface area (Å²) in [5, 5.41) is 39.5. The molecule has 0 aromatic heterocycles. The quantitative estimate of drug-likeness (QED) is 0.0603. The van der Waals surface area contributed by atoms with E-state index in [2.05, 4.69) is 21.3 Å². The number of nitrogens with one attached hydrogen (secondary N) is 4. The van der Waals surface area contributed by atoms with E-state index in [0.717, 1.165) is 12.1 Å². The first-order chi connectivity index (χ1) is 19.5. The zero-order valence-electron chi connectivity index (χ0n) is 22.7. The number of halogens is 2. The molecule has 0 fully saturated rings. The molecule has 18 heteroatoms. The fraction of sp³-hybridized carbons (Fsp3) is 0.500. The number of carbonyl (C=O) groups is 6. The predicted molar refractivity (Wildman–Crippen MR) is 146 cm³/mol. The molecule has 0 radical (unpaired) electrons. The van der Waals surface area contributed by atoms with E-state index in [1.807, 2.05) is 0 Å². The van der Waals surface area contributed by atoms with Crippen molar-refractivity contribution in [3.8, 4) is 0 Å². The number of ether oxygens (including phenoxy) is 1. The molecule has 0 bridgehead atoms. The second-order valence-electron chi connectivity index (χ2n) is 8.98. The molecule has 0 aliphatic rings. The number of hydrogen-bond acceptors (Lipinski definition) is 10. The molecule has 0 unspecified atom stereocenters. The SMILES string of the molecule is C[C@@H](NC(=O)[C@@H](C)NC(=O)[C@@H](C)NC(=O)CCC(=O)OC[C@@H](NC(=O)C(Cl)Cl)[C@H](O)c1ccc([N+](=O)[O-])cc1)C(=O)O. The number of benzene rings is 1. The standard InChI is InChI=1S/C24H31Cl2N5O11/c1-11(21(35)28-12(2)22(36)29-13(3)24(38)39)27-17(32)8-9-18(33)42-10-16(30-23(37)20(25)26)19(34)14-4-6-15(7-5-14)31(40)41/h4-7,11-13,16,19-20,34H,8-10H2,1-3H3,(H,27,32)(H,28,35)(H,29,36)(H,30,37)(H,38,39)/t11-,12-,13-,16-,19-/m1/s1. The average Bonchev–Trinajstić information content (AvgIpc) is 2.93. The number of nitro groups is 1. The van der Waals surface area contributed by atoms with Crippen LogP contribution in [0.3, 0.4) is 0 Å². The van der Waals surface area contributed by atoms with E-state index >= 15 is 0 Å². The fourth-order valence-electron chi connectivity index (χ4n) is 3.14. The van der Waals surface area contributed by atoms with Gasteiger partial charge in [0.2, 0.25) is 17.7 Å². The monoisotopic (exact) mass is 635 g/mol. The van der Waals surface area contributed by atoms with Gasteiger partial charge in [-0.05, 0) is 38.5 Å². The van der Waals surface area contributed by atoms with Crippen LogP contribution < -0.4 is 21.3 Å². The van der Waals surface area contributed by atoms with E-state index in [1.165, 1.54) is 32.9 Å². The molecule has 5 atom stereocenters. The molecule has 0 heterocycles. The highest BCUT2D eigenvalue weighted by Gasteiger charge is 2.28. The van der Waals surface area contributed by atoms with Crippen molar-refractivity contribution in [3.63, 3.8) is 0 Å². The molecule has 0 spiro atoms. The Bertz CT molecular complexity index is 1170. The van der Waals surface area contributed by atoms with Gasteiger partial charge in [-0.2, -0.15) is 0 Å². The number of carboxylic acids is 1. The summed E-state index contributed by atoms with van der Waals surface area (Å²) in [4.78, 5) is 80.2. The van der Waals surface area contributed by atoms with Crippen LogP contribution in [0.5, 0.6) is 0 Å². The Labute approximate surface area is 249 Å². The van der Waals surface area contributed by atoms with Crippen molar-refractivity contribution in [2.24, 2.45) is 0 Å². The normalized spacial score (nSPS) is 14.4. The lowest BCUT2D eigenvalue weighted by Crippen LogP contribution is -2.53. The maximum absolute atomic E-state index is 12.3. The summed E-state index contributed by atoms with van der Waals surface area (Å²) < 4.78 is 5.07. The third kappa shape index (κ3) is 12.2. The fourth-order valence-corrected chi connectivity index (χ4v) is 3.26. The lowest BCUT2D eigenvalue weighted by molar-refractivity contribution is -0.384. The van der Waals surface area contributed by atoms with Gasteiger partial charge in [0.25, 0.3) is 11.6 Å². The van der Waals surface area contributed by atoms with Crippen LogP contribution in [-0.2, 0) is 33.5 Å². The molecule has 0 aliphatic carbocycles. The first kappa shape index (κ1) is 36.0. The number of carbonyl (C=O) groups excluding carboxylic acids is 5. The number of nitro benzene ring substituents is 1. The van der Waals surface area contributed by atoms with E-state index in [-0.39, 0.29) is 11.3 Å². The van der Waals surface area contributed by atoms with Crippen molar-refractivity contribution in [3.05, 3.63) is 39.9 Å². The number of esters is 1. The minimum atomic E-state index is -1.51. The van der Waals surface area contributed by atoms with Crippen molar-refractivity contribution in [1.29, 1.82) is 0 Å². The maximum atomic E-state index is 12.3.